The van der Waals surface area contributed by atoms with Crippen molar-refractivity contribution < 1.29 is 0 Å². The highest BCUT2D eigenvalue weighted by atomic mass is 14.0. The first kappa shape index (κ1) is 11.7. The van der Waals surface area contributed by atoms with E-state index in [0.717, 1.165) is 11.8 Å². The molecule has 0 atom stereocenters. The largest absolute Gasteiger partial charge is 0.0883 e. The number of hydrogen-bond acceptors (Lipinski definition) is 0. The Hall–Kier alpha value is -0.260. The molecule has 0 aliphatic rings. The van der Waals surface area contributed by atoms with Crippen molar-refractivity contribution in [2.24, 2.45) is 11.8 Å². The van der Waals surface area contributed by atoms with Crippen LogP contribution in [0.4, 0.5) is 0 Å². The Morgan fingerprint density at radius 3 is 2.17 bits per heavy atom. The van der Waals surface area contributed by atoms with Crippen LogP contribution in [-0.2, 0) is 0 Å². The maximum Gasteiger partial charge on any atom is -0.0290 e. The van der Waals surface area contributed by atoms with Gasteiger partial charge in [-0.1, -0.05) is 52.7 Å². The van der Waals surface area contributed by atoms with Crippen molar-refractivity contribution in [2.45, 2.75) is 53.4 Å². The fourth-order valence-corrected chi connectivity index (χ4v) is 1.18. The van der Waals surface area contributed by atoms with Crippen LogP contribution in [0.1, 0.15) is 53.4 Å². The third-order valence-electron chi connectivity index (χ3n) is 1.92. The van der Waals surface area contributed by atoms with Crippen LogP contribution in [-0.4, -0.2) is 0 Å². The Morgan fingerprint density at radius 2 is 1.67 bits per heavy atom. The highest BCUT2D eigenvalue weighted by Gasteiger charge is 1.92. The summed E-state index contributed by atoms with van der Waals surface area (Å²) in [6.07, 6.45) is 10.0. The van der Waals surface area contributed by atoms with Gasteiger partial charge in [0.05, 0.1) is 0 Å². The van der Waals surface area contributed by atoms with Crippen molar-refractivity contribution in [2.75, 3.05) is 0 Å². The summed E-state index contributed by atoms with van der Waals surface area (Å²) < 4.78 is 0. The standard InChI is InChI=1S/C12H24/c1-11(2)9-7-5-6-8-10-12(3)4/h7,9,11-12H,5-6,8,10H2,1-4H3/b9-7-. The Bertz CT molecular complexity index is 109. The molecule has 0 amide bonds. The van der Waals surface area contributed by atoms with Crippen LogP contribution in [0.3, 0.4) is 0 Å². The zero-order valence-electron chi connectivity index (χ0n) is 9.14. The monoisotopic (exact) mass is 168 g/mol. The van der Waals surface area contributed by atoms with Gasteiger partial charge in [-0.3, -0.25) is 0 Å². The molecule has 0 aromatic rings. The summed E-state index contributed by atoms with van der Waals surface area (Å²) in [4.78, 5) is 0. The second kappa shape index (κ2) is 7.39. The first-order valence-electron chi connectivity index (χ1n) is 5.29. The molecular formula is C12H24. The van der Waals surface area contributed by atoms with Gasteiger partial charge in [0, 0.05) is 0 Å². The van der Waals surface area contributed by atoms with E-state index in [1.807, 2.05) is 0 Å². The molecule has 0 saturated heterocycles. The molecule has 0 radical (unpaired) electrons. The summed E-state index contributed by atoms with van der Waals surface area (Å²) >= 11 is 0. The molecule has 72 valence electrons. The smallest absolute Gasteiger partial charge is 0.0290 e. The van der Waals surface area contributed by atoms with Gasteiger partial charge in [-0.25, -0.2) is 0 Å². The number of rotatable bonds is 6. The van der Waals surface area contributed by atoms with Gasteiger partial charge in [0.1, 0.15) is 0 Å². The quantitative estimate of drug-likeness (QED) is 0.407. The van der Waals surface area contributed by atoms with E-state index >= 15 is 0 Å². The molecule has 0 aromatic heterocycles. The average molecular weight is 168 g/mol. The SMILES string of the molecule is CC(C)/C=C\CCCCC(C)C. The molecule has 0 bridgehead atoms. The second-order valence-corrected chi connectivity index (χ2v) is 4.35. The third kappa shape index (κ3) is 9.74. The summed E-state index contributed by atoms with van der Waals surface area (Å²) in [5.74, 6) is 1.59. The Morgan fingerprint density at radius 1 is 1.00 bits per heavy atom. The van der Waals surface area contributed by atoms with Crippen molar-refractivity contribution in [1.82, 2.24) is 0 Å². The minimum absolute atomic E-state index is 0.718. The lowest BCUT2D eigenvalue weighted by atomic mass is 10.0. The topological polar surface area (TPSA) is 0 Å². The van der Waals surface area contributed by atoms with Gasteiger partial charge in [-0.15, -0.1) is 0 Å². The van der Waals surface area contributed by atoms with E-state index in [1.165, 1.54) is 25.7 Å². The van der Waals surface area contributed by atoms with E-state index in [1.54, 1.807) is 0 Å². The molecule has 12 heavy (non-hydrogen) atoms. The van der Waals surface area contributed by atoms with Gasteiger partial charge < -0.3 is 0 Å². The van der Waals surface area contributed by atoms with E-state index < -0.39 is 0 Å². The van der Waals surface area contributed by atoms with E-state index in [0.29, 0.717) is 0 Å². The van der Waals surface area contributed by atoms with Crippen LogP contribution >= 0.6 is 0 Å². The lowest BCUT2D eigenvalue weighted by molar-refractivity contribution is 0.540. The van der Waals surface area contributed by atoms with Gasteiger partial charge >= 0.3 is 0 Å². The number of allylic oxidation sites excluding steroid dienone is 2. The molecule has 0 aromatic carbocycles. The molecule has 0 N–H and O–H groups in total. The van der Waals surface area contributed by atoms with Crippen LogP contribution in [0, 0.1) is 11.8 Å². The third-order valence-corrected chi connectivity index (χ3v) is 1.92. The molecule has 0 unspecified atom stereocenters. The molecule has 0 aliphatic carbocycles. The minimum atomic E-state index is 0.718. The summed E-state index contributed by atoms with van der Waals surface area (Å²) in [6.45, 7) is 9.04. The number of hydrogen-bond donors (Lipinski definition) is 0. The maximum atomic E-state index is 2.32. The highest BCUT2D eigenvalue weighted by molar-refractivity contribution is 4.83. The molecule has 0 aliphatic heterocycles. The molecule has 0 heterocycles. The summed E-state index contributed by atoms with van der Waals surface area (Å²) in [6, 6.07) is 0. The van der Waals surface area contributed by atoms with Gasteiger partial charge in [-0.05, 0) is 24.7 Å². The Labute approximate surface area is 78.1 Å². The normalized spacial score (nSPS) is 12.2. The Balaban J connectivity index is 3.11. The van der Waals surface area contributed by atoms with Crippen LogP contribution in [0.2, 0.25) is 0 Å². The molecule has 0 heteroatoms. The zero-order chi connectivity index (χ0) is 9.40. The van der Waals surface area contributed by atoms with Gasteiger partial charge in [0.2, 0.25) is 0 Å². The van der Waals surface area contributed by atoms with Crippen molar-refractivity contribution in [3.05, 3.63) is 12.2 Å². The van der Waals surface area contributed by atoms with Crippen LogP contribution in [0.25, 0.3) is 0 Å². The average Bonchev–Trinajstić information content (AvgIpc) is 1.95. The first-order valence-corrected chi connectivity index (χ1v) is 5.29. The fourth-order valence-electron chi connectivity index (χ4n) is 1.18. The minimum Gasteiger partial charge on any atom is -0.0883 e. The van der Waals surface area contributed by atoms with Crippen molar-refractivity contribution in [3.8, 4) is 0 Å². The molecule has 0 rings (SSSR count). The van der Waals surface area contributed by atoms with Crippen LogP contribution in [0.15, 0.2) is 12.2 Å². The van der Waals surface area contributed by atoms with Crippen LogP contribution in [0.5, 0.6) is 0 Å². The van der Waals surface area contributed by atoms with Crippen molar-refractivity contribution in [3.63, 3.8) is 0 Å². The van der Waals surface area contributed by atoms with E-state index in [-0.39, 0.29) is 0 Å². The van der Waals surface area contributed by atoms with Crippen LogP contribution < -0.4 is 0 Å². The maximum absolute atomic E-state index is 2.32. The lowest BCUT2D eigenvalue weighted by Gasteiger charge is -2.01. The second-order valence-electron chi connectivity index (χ2n) is 4.35. The van der Waals surface area contributed by atoms with Gasteiger partial charge in [0.25, 0.3) is 0 Å². The highest BCUT2D eigenvalue weighted by Crippen LogP contribution is 2.08. The molecule has 0 spiro atoms. The predicted octanol–water partition coefficient (Wildman–Crippen LogP) is 4.42. The summed E-state index contributed by atoms with van der Waals surface area (Å²) in [5, 5.41) is 0. The fraction of sp³-hybridized carbons (Fsp3) is 0.833. The molecule has 0 fully saturated rings. The lowest BCUT2D eigenvalue weighted by Crippen LogP contribution is -1.86. The summed E-state index contributed by atoms with van der Waals surface area (Å²) in [7, 11) is 0. The van der Waals surface area contributed by atoms with E-state index in [9.17, 15) is 0 Å². The zero-order valence-corrected chi connectivity index (χ0v) is 9.14. The number of unbranched alkanes of at least 4 members (excludes halogenated alkanes) is 2. The molecule has 0 nitrogen and oxygen atoms in total. The molecular weight excluding hydrogens is 144 g/mol. The van der Waals surface area contributed by atoms with Gasteiger partial charge in [0.15, 0.2) is 0 Å². The van der Waals surface area contributed by atoms with E-state index in [2.05, 4.69) is 39.8 Å². The Kier molecular flexibility index (Phi) is 7.23. The van der Waals surface area contributed by atoms with E-state index in [4.69, 9.17) is 0 Å². The predicted molar refractivity (Wildman–Crippen MR) is 57.3 cm³/mol. The van der Waals surface area contributed by atoms with Crippen molar-refractivity contribution >= 4 is 0 Å². The van der Waals surface area contributed by atoms with Crippen molar-refractivity contribution in [1.29, 1.82) is 0 Å². The van der Waals surface area contributed by atoms with Gasteiger partial charge in [-0.2, -0.15) is 0 Å². The summed E-state index contributed by atoms with van der Waals surface area (Å²) in [5.41, 5.74) is 0. The first-order chi connectivity index (χ1) is 5.63. The molecule has 0 saturated carbocycles.